The van der Waals surface area contributed by atoms with Gasteiger partial charge in [0.1, 0.15) is 0 Å². The first kappa shape index (κ1) is 14.5. The molecular weight excluding hydrogens is 361 g/mol. The van der Waals surface area contributed by atoms with Crippen molar-refractivity contribution in [2.24, 2.45) is 5.73 Å². The molecular formula is C12H16IN3O3. The Morgan fingerprint density at radius 2 is 2.37 bits per heavy atom. The van der Waals surface area contributed by atoms with Gasteiger partial charge in [0.05, 0.1) is 17.1 Å². The summed E-state index contributed by atoms with van der Waals surface area (Å²) >= 11 is 2.08. The third kappa shape index (κ3) is 3.15. The van der Waals surface area contributed by atoms with Crippen LogP contribution in [0.25, 0.3) is 0 Å². The Labute approximate surface area is 125 Å². The van der Waals surface area contributed by atoms with Crippen LogP contribution in [0, 0.1) is 13.7 Å². The molecule has 1 aliphatic carbocycles. The zero-order valence-corrected chi connectivity index (χ0v) is 12.7. The van der Waals surface area contributed by atoms with E-state index >= 15 is 0 Å². The van der Waals surface area contributed by atoms with Crippen LogP contribution < -0.4 is 11.1 Å². The van der Waals surface area contributed by atoms with Gasteiger partial charge in [-0.25, -0.2) is 0 Å². The number of ether oxygens (including phenoxy) is 1. The average molecular weight is 377 g/mol. The van der Waals surface area contributed by atoms with E-state index in [0.29, 0.717) is 6.61 Å². The van der Waals surface area contributed by atoms with Crippen molar-refractivity contribution in [3.8, 4) is 0 Å². The first-order valence-corrected chi connectivity index (χ1v) is 7.18. The number of nitro groups is 1. The average Bonchev–Trinajstić information content (AvgIpc) is 2.36. The van der Waals surface area contributed by atoms with Crippen molar-refractivity contribution in [3.63, 3.8) is 0 Å². The van der Waals surface area contributed by atoms with Crippen molar-refractivity contribution in [1.82, 2.24) is 0 Å². The van der Waals surface area contributed by atoms with E-state index < -0.39 is 4.92 Å². The molecule has 0 heterocycles. The molecule has 3 N–H and O–H groups in total. The van der Waals surface area contributed by atoms with Crippen LogP contribution in [0.4, 0.5) is 11.4 Å². The third-order valence-electron chi connectivity index (χ3n) is 3.23. The van der Waals surface area contributed by atoms with Gasteiger partial charge in [0.2, 0.25) is 0 Å². The minimum atomic E-state index is -0.399. The summed E-state index contributed by atoms with van der Waals surface area (Å²) in [7, 11) is 0. The van der Waals surface area contributed by atoms with Gasteiger partial charge >= 0.3 is 0 Å². The molecule has 1 aromatic rings. The molecule has 0 radical (unpaired) electrons. The minimum Gasteiger partial charge on any atom is -0.377 e. The molecule has 0 aromatic heterocycles. The van der Waals surface area contributed by atoms with Crippen molar-refractivity contribution >= 4 is 34.0 Å². The minimum absolute atomic E-state index is 0.0579. The number of hydrogen-bond donors (Lipinski definition) is 2. The van der Waals surface area contributed by atoms with Crippen LogP contribution in [0.2, 0.25) is 0 Å². The summed E-state index contributed by atoms with van der Waals surface area (Å²) in [6.45, 7) is 2.61. The molecule has 1 saturated carbocycles. The summed E-state index contributed by atoms with van der Waals surface area (Å²) in [4.78, 5) is 10.3. The van der Waals surface area contributed by atoms with Crippen LogP contribution in [-0.4, -0.2) is 29.7 Å². The lowest BCUT2D eigenvalue weighted by Gasteiger charge is -2.43. The van der Waals surface area contributed by atoms with E-state index in [1.54, 1.807) is 12.1 Å². The Balaban J connectivity index is 2.08. The third-order valence-corrected chi connectivity index (χ3v) is 4.13. The fourth-order valence-electron chi connectivity index (χ4n) is 2.14. The second-order valence-corrected chi connectivity index (χ2v) is 5.65. The largest absolute Gasteiger partial charge is 0.377 e. The lowest BCUT2D eigenvalue weighted by molar-refractivity contribution is -0.384. The molecule has 0 bridgehead atoms. The van der Waals surface area contributed by atoms with E-state index in [2.05, 4.69) is 27.9 Å². The van der Waals surface area contributed by atoms with Crippen LogP contribution in [0.15, 0.2) is 18.2 Å². The van der Waals surface area contributed by atoms with Gasteiger partial charge in [-0.1, -0.05) is 0 Å². The Kier molecular flexibility index (Phi) is 4.58. The van der Waals surface area contributed by atoms with Crippen molar-refractivity contribution in [3.05, 3.63) is 31.9 Å². The highest BCUT2D eigenvalue weighted by molar-refractivity contribution is 14.1. The van der Waals surface area contributed by atoms with Crippen molar-refractivity contribution in [2.75, 3.05) is 11.9 Å². The zero-order chi connectivity index (χ0) is 14.0. The number of rotatable bonds is 5. The van der Waals surface area contributed by atoms with Crippen LogP contribution in [0.3, 0.4) is 0 Å². The molecule has 0 aliphatic heterocycles. The van der Waals surface area contributed by atoms with E-state index in [0.717, 1.165) is 15.7 Å². The van der Waals surface area contributed by atoms with Gasteiger partial charge in [-0.3, -0.25) is 10.1 Å². The van der Waals surface area contributed by atoms with Gasteiger partial charge < -0.3 is 15.8 Å². The van der Waals surface area contributed by atoms with Gasteiger partial charge in [0.25, 0.3) is 5.69 Å². The number of nitrogens with zero attached hydrogens (tertiary/aromatic N) is 1. The first-order chi connectivity index (χ1) is 9.02. The number of nitro benzene ring substituents is 1. The van der Waals surface area contributed by atoms with Gasteiger partial charge in [-0.15, -0.1) is 0 Å². The molecule has 1 aliphatic rings. The summed E-state index contributed by atoms with van der Waals surface area (Å²) in [6, 6.07) is 4.87. The number of benzene rings is 1. The molecule has 3 atom stereocenters. The maximum Gasteiger partial charge on any atom is 0.270 e. The van der Waals surface area contributed by atoms with Crippen LogP contribution in [-0.2, 0) is 4.74 Å². The standard InChI is InChI=1S/C12H16IN3O3/c1-2-19-11-6-9(14)12(11)15-10-4-3-7(16(17)18)5-8(10)13/h3-5,9,11-12,15H,2,6,14H2,1H3. The van der Waals surface area contributed by atoms with Gasteiger partial charge in [0, 0.05) is 34.0 Å². The highest BCUT2D eigenvalue weighted by Crippen LogP contribution is 2.30. The summed E-state index contributed by atoms with van der Waals surface area (Å²) in [5, 5.41) is 14.0. The zero-order valence-electron chi connectivity index (χ0n) is 10.5. The van der Waals surface area contributed by atoms with Crippen LogP contribution in [0.5, 0.6) is 0 Å². The van der Waals surface area contributed by atoms with E-state index in [9.17, 15) is 10.1 Å². The Morgan fingerprint density at radius 3 is 2.89 bits per heavy atom. The molecule has 19 heavy (non-hydrogen) atoms. The van der Waals surface area contributed by atoms with Crippen LogP contribution in [0.1, 0.15) is 13.3 Å². The Hall–Kier alpha value is -0.930. The maximum absolute atomic E-state index is 10.7. The number of nitrogens with one attached hydrogen (secondary N) is 1. The first-order valence-electron chi connectivity index (χ1n) is 6.10. The topological polar surface area (TPSA) is 90.4 Å². The molecule has 7 heteroatoms. The molecule has 0 amide bonds. The van der Waals surface area contributed by atoms with Crippen molar-refractivity contribution < 1.29 is 9.66 Å². The predicted molar refractivity (Wildman–Crippen MR) is 81.2 cm³/mol. The fourth-order valence-corrected chi connectivity index (χ4v) is 2.80. The lowest BCUT2D eigenvalue weighted by atomic mass is 9.83. The van der Waals surface area contributed by atoms with Gasteiger partial charge in [-0.2, -0.15) is 0 Å². The second kappa shape index (κ2) is 6.02. The molecule has 104 valence electrons. The quantitative estimate of drug-likeness (QED) is 0.466. The van der Waals surface area contributed by atoms with Crippen molar-refractivity contribution in [2.45, 2.75) is 31.5 Å². The maximum atomic E-state index is 10.7. The van der Waals surface area contributed by atoms with Gasteiger partial charge in [0.15, 0.2) is 0 Å². The summed E-state index contributed by atoms with van der Waals surface area (Å²) in [5.74, 6) is 0. The Morgan fingerprint density at radius 1 is 1.63 bits per heavy atom. The van der Waals surface area contributed by atoms with E-state index in [-0.39, 0.29) is 23.9 Å². The lowest BCUT2D eigenvalue weighted by Crippen LogP contribution is -2.60. The molecule has 0 saturated heterocycles. The van der Waals surface area contributed by atoms with Gasteiger partial charge in [-0.05, 0) is 42.0 Å². The smallest absolute Gasteiger partial charge is 0.270 e. The normalized spacial score (nSPS) is 25.7. The summed E-state index contributed by atoms with van der Waals surface area (Å²) < 4.78 is 6.39. The monoisotopic (exact) mass is 377 g/mol. The molecule has 1 fully saturated rings. The highest BCUT2D eigenvalue weighted by atomic mass is 127. The molecule has 0 spiro atoms. The Bertz CT molecular complexity index is 481. The number of anilines is 1. The van der Waals surface area contributed by atoms with E-state index in [1.165, 1.54) is 6.07 Å². The van der Waals surface area contributed by atoms with E-state index in [1.807, 2.05) is 6.92 Å². The van der Waals surface area contributed by atoms with E-state index in [4.69, 9.17) is 10.5 Å². The van der Waals surface area contributed by atoms with Crippen molar-refractivity contribution in [1.29, 1.82) is 0 Å². The molecule has 3 unspecified atom stereocenters. The van der Waals surface area contributed by atoms with Crippen LogP contribution >= 0.6 is 22.6 Å². The summed E-state index contributed by atoms with van der Waals surface area (Å²) in [6.07, 6.45) is 0.959. The predicted octanol–water partition coefficient (Wildman–Crippen LogP) is 2.12. The second-order valence-electron chi connectivity index (χ2n) is 4.48. The number of nitrogens with two attached hydrogens (primary N) is 1. The molecule has 1 aromatic carbocycles. The fraction of sp³-hybridized carbons (Fsp3) is 0.500. The molecule has 6 nitrogen and oxygen atoms in total. The summed E-state index contributed by atoms with van der Waals surface area (Å²) in [5.41, 5.74) is 6.92. The molecule has 2 rings (SSSR count). The number of non-ortho nitro benzene ring substituents is 1. The number of halogens is 1. The number of hydrogen-bond acceptors (Lipinski definition) is 5. The SMILES string of the molecule is CCOC1CC(N)C1Nc1ccc([N+](=O)[O-])cc1I. The highest BCUT2D eigenvalue weighted by Gasteiger charge is 2.39.